The van der Waals surface area contributed by atoms with Crippen LogP contribution < -0.4 is 0 Å². The van der Waals surface area contributed by atoms with E-state index in [9.17, 15) is 14.0 Å². The predicted molar refractivity (Wildman–Crippen MR) is 94.1 cm³/mol. The molecule has 0 aliphatic heterocycles. The number of rotatable bonds is 6. The minimum absolute atomic E-state index is 0.0201. The third-order valence-electron chi connectivity index (χ3n) is 3.49. The average Bonchev–Trinajstić information content (AvgIpc) is 2.45. The fraction of sp³-hybridized carbons (Fsp3) is 0.529. The first kappa shape index (κ1) is 20.8. The smallest absolute Gasteiger partial charge is 0.340 e. The molecule has 1 rings (SSSR count). The third kappa shape index (κ3) is 5.68. The van der Waals surface area contributed by atoms with E-state index in [1.807, 2.05) is 33.9 Å². The second kappa shape index (κ2) is 7.76. The Morgan fingerprint density at radius 2 is 1.83 bits per heavy atom. The summed E-state index contributed by atoms with van der Waals surface area (Å²) in [4.78, 5) is 23.9. The van der Waals surface area contributed by atoms with Crippen LogP contribution in [0.2, 0.25) is 18.1 Å². The van der Waals surface area contributed by atoms with Crippen molar-refractivity contribution in [3.8, 4) is 0 Å². The van der Waals surface area contributed by atoms with Crippen LogP contribution in [0, 0.1) is 11.2 Å². The molecule has 134 valence electrons. The summed E-state index contributed by atoms with van der Waals surface area (Å²) in [6, 6.07) is 2.36. The summed E-state index contributed by atoms with van der Waals surface area (Å²) in [5, 5.41) is 0.294. The van der Waals surface area contributed by atoms with E-state index in [4.69, 9.17) is 16.0 Å². The zero-order valence-electron chi connectivity index (χ0n) is 15.0. The lowest BCUT2D eigenvalue weighted by Crippen LogP contribution is -2.42. The molecule has 0 aliphatic carbocycles. The Morgan fingerprint density at radius 1 is 1.25 bits per heavy atom. The number of methoxy groups -OCH3 is 1. The lowest BCUT2D eigenvalue weighted by Gasteiger charge is -2.26. The number of hydrogen-bond donors (Lipinski definition) is 0. The molecule has 1 aromatic rings. The van der Waals surface area contributed by atoms with Crippen LogP contribution in [-0.2, 0) is 20.6 Å². The zero-order chi connectivity index (χ0) is 18.7. The van der Waals surface area contributed by atoms with Crippen molar-refractivity contribution in [2.24, 2.45) is 5.41 Å². The Kier molecular flexibility index (Phi) is 6.73. The molecule has 4 nitrogen and oxygen atoms in total. The Labute approximate surface area is 148 Å². The van der Waals surface area contributed by atoms with Gasteiger partial charge in [-0.25, -0.2) is 9.18 Å². The van der Waals surface area contributed by atoms with Crippen molar-refractivity contribution >= 4 is 31.3 Å². The number of halogens is 2. The van der Waals surface area contributed by atoms with E-state index in [2.05, 4.69) is 4.74 Å². The monoisotopic (exact) mass is 374 g/mol. The number of esters is 1. The van der Waals surface area contributed by atoms with Gasteiger partial charge in [-0.2, -0.15) is 0 Å². The lowest BCUT2D eigenvalue weighted by atomic mass is 9.93. The number of ether oxygens (including phenoxy) is 1. The fourth-order valence-corrected chi connectivity index (χ4v) is 3.85. The molecule has 0 aliphatic rings. The molecule has 0 radical (unpaired) electrons. The Morgan fingerprint density at radius 3 is 2.33 bits per heavy atom. The van der Waals surface area contributed by atoms with Crippen molar-refractivity contribution in [1.29, 1.82) is 0 Å². The normalized spacial score (nSPS) is 12.2. The van der Waals surface area contributed by atoms with Crippen LogP contribution in [0.5, 0.6) is 0 Å². The molecule has 0 unspecified atom stereocenters. The quantitative estimate of drug-likeness (QED) is 0.542. The van der Waals surface area contributed by atoms with Crippen molar-refractivity contribution in [3.63, 3.8) is 0 Å². The van der Waals surface area contributed by atoms with Crippen LogP contribution in [0.4, 0.5) is 4.39 Å². The number of carbonyl (C=O) groups is 2. The molecule has 0 atom stereocenters. The summed E-state index contributed by atoms with van der Waals surface area (Å²) >= 11 is 6.09. The van der Waals surface area contributed by atoms with Crippen molar-refractivity contribution < 1.29 is 23.1 Å². The van der Waals surface area contributed by atoms with Gasteiger partial charge in [0, 0.05) is 11.4 Å². The first-order chi connectivity index (χ1) is 10.9. The van der Waals surface area contributed by atoms with Crippen molar-refractivity contribution in [2.45, 2.75) is 46.9 Å². The topological polar surface area (TPSA) is 52.6 Å². The average molecular weight is 375 g/mol. The maximum atomic E-state index is 14.0. The fourth-order valence-electron chi connectivity index (χ4n) is 2.00. The van der Waals surface area contributed by atoms with Gasteiger partial charge in [-0.1, -0.05) is 32.4 Å². The summed E-state index contributed by atoms with van der Waals surface area (Å²) < 4.78 is 24.3. The maximum absolute atomic E-state index is 14.0. The Balaban J connectivity index is 2.89. The molecule has 0 spiro atoms. The van der Waals surface area contributed by atoms with Crippen molar-refractivity contribution in [3.05, 3.63) is 34.1 Å². The van der Waals surface area contributed by atoms with Crippen molar-refractivity contribution in [1.82, 2.24) is 0 Å². The van der Waals surface area contributed by atoms with Gasteiger partial charge >= 0.3 is 5.97 Å². The maximum Gasteiger partial charge on any atom is 0.340 e. The molecule has 0 saturated carbocycles. The van der Waals surface area contributed by atoms with Crippen LogP contribution in [-0.4, -0.2) is 26.8 Å². The molecule has 0 fully saturated rings. The zero-order valence-corrected chi connectivity index (χ0v) is 16.7. The molecular formula is C17H24ClFO4Si. The Bertz CT molecular complexity index is 638. The summed E-state index contributed by atoms with van der Waals surface area (Å²) in [5.41, 5.74) is 0.0499. The second-order valence-electron chi connectivity index (χ2n) is 7.37. The van der Waals surface area contributed by atoms with Crippen LogP contribution in [0.25, 0.3) is 0 Å². The van der Waals surface area contributed by atoms with E-state index in [1.165, 1.54) is 13.2 Å². The molecule has 0 aromatic heterocycles. The minimum atomic E-state index is -2.59. The highest BCUT2D eigenvalue weighted by atomic mass is 35.5. The molecule has 0 N–H and O–H groups in total. The van der Waals surface area contributed by atoms with Crippen LogP contribution in [0.3, 0.4) is 0 Å². The second-order valence-corrected chi connectivity index (χ2v) is 11.6. The Hall–Kier alpha value is -1.24. The molecule has 0 heterocycles. The molecule has 7 heteroatoms. The minimum Gasteiger partial charge on any atom is -0.465 e. The molecule has 0 bridgehead atoms. The third-order valence-corrected chi connectivity index (χ3v) is 6.23. The summed E-state index contributed by atoms with van der Waals surface area (Å²) in [5.74, 6) is -1.53. The van der Waals surface area contributed by atoms with Gasteiger partial charge < -0.3 is 14.0 Å². The number of carbonyl (C=O) groups excluding carboxylic acids is 2. The summed E-state index contributed by atoms with van der Waals surface area (Å²) in [6.07, 6.45) is 0.426. The first-order valence-electron chi connectivity index (χ1n) is 7.61. The molecular weight excluding hydrogens is 351 g/mol. The summed E-state index contributed by atoms with van der Waals surface area (Å²) in [7, 11) is -1.43. The van der Waals surface area contributed by atoms with Crippen LogP contribution in [0.15, 0.2) is 12.1 Å². The van der Waals surface area contributed by atoms with Crippen LogP contribution >= 0.6 is 11.6 Å². The standard InChI is InChI=1S/C17H24ClFO4Si/c1-17(2,3)9-15(20)24(5,6)23-10-11-7-14(19)12(8-13(11)18)16(21)22-4/h7-8H,9-10H2,1-6H3. The van der Waals surface area contributed by atoms with E-state index >= 15 is 0 Å². The highest BCUT2D eigenvalue weighted by molar-refractivity contribution is 6.99. The van der Waals surface area contributed by atoms with Gasteiger partial charge in [0.1, 0.15) is 11.2 Å². The molecule has 0 saturated heterocycles. The van der Waals surface area contributed by atoms with Gasteiger partial charge in [-0.3, -0.25) is 0 Å². The highest BCUT2D eigenvalue weighted by Gasteiger charge is 2.35. The van der Waals surface area contributed by atoms with Gasteiger partial charge in [0.2, 0.25) is 0 Å². The SMILES string of the molecule is COC(=O)c1cc(Cl)c(CO[Si](C)(C)C(=O)CC(C)(C)C)cc1F. The first-order valence-corrected chi connectivity index (χ1v) is 10.9. The number of hydrogen-bond acceptors (Lipinski definition) is 4. The van der Waals surface area contributed by atoms with Crippen molar-refractivity contribution in [2.75, 3.05) is 7.11 Å². The van der Waals surface area contributed by atoms with E-state index in [1.54, 1.807) is 0 Å². The van der Waals surface area contributed by atoms with E-state index in [0.29, 0.717) is 12.0 Å². The molecule has 24 heavy (non-hydrogen) atoms. The van der Waals surface area contributed by atoms with Gasteiger partial charge in [-0.05, 0) is 36.2 Å². The number of benzene rings is 1. The van der Waals surface area contributed by atoms with Crippen LogP contribution in [0.1, 0.15) is 43.1 Å². The predicted octanol–water partition coefficient (Wildman–Crippen LogP) is 4.53. The van der Waals surface area contributed by atoms with Gasteiger partial charge in [-0.15, -0.1) is 0 Å². The lowest BCUT2D eigenvalue weighted by molar-refractivity contribution is -0.115. The van der Waals surface area contributed by atoms with Gasteiger partial charge in [0.05, 0.1) is 19.3 Å². The van der Waals surface area contributed by atoms with E-state index < -0.39 is 20.1 Å². The molecule has 1 aromatic carbocycles. The largest absolute Gasteiger partial charge is 0.465 e. The van der Waals surface area contributed by atoms with E-state index in [-0.39, 0.29) is 28.0 Å². The van der Waals surface area contributed by atoms with E-state index in [0.717, 1.165) is 6.07 Å². The van der Waals surface area contributed by atoms with Gasteiger partial charge in [0.15, 0.2) is 0 Å². The highest BCUT2D eigenvalue weighted by Crippen LogP contribution is 2.26. The van der Waals surface area contributed by atoms with Gasteiger partial charge in [0.25, 0.3) is 8.32 Å². The molecule has 0 amide bonds. The summed E-state index contributed by atoms with van der Waals surface area (Å²) in [6.45, 7) is 9.63.